The third-order valence-electron chi connectivity index (χ3n) is 3.58. The van der Waals surface area contributed by atoms with Crippen molar-refractivity contribution in [2.75, 3.05) is 0 Å². The summed E-state index contributed by atoms with van der Waals surface area (Å²) in [5.74, 6) is 1.48. The van der Waals surface area contributed by atoms with E-state index in [1.54, 1.807) is 23.4 Å². The lowest BCUT2D eigenvalue weighted by Crippen LogP contribution is -1.98. The fourth-order valence-corrected chi connectivity index (χ4v) is 2.44. The molecule has 0 aliphatic rings. The molecule has 0 aliphatic heterocycles. The van der Waals surface area contributed by atoms with Gasteiger partial charge in [-0.25, -0.2) is 4.98 Å². The van der Waals surface area contributed by atoms with Gasteiger partial charge in [-0.15, -0.1) is 10.2 Å². The summed E-state index contributed by atoms with van der Waals surface area (Å²) in [5, 5.41) is 11.7. The number of hydrogen-bond acceptors (Lipinski definition) is 5. The molecule has 112 valence electrons. The zero-order valence-corrected chi connectivity index (χ0v) is 12.4. The van der Waals surface area contributed by atoms with Crippen LogP contribution in [0.1, 0.15) is 5.56 Å². The second-order valence-electron chi connectivity index (χ2n) is 5.18. The maximum atomic E-state index is 5.47. The molecular formula is C17H13N5O. The van der Waals surface area contributed by atoms with Gasteiger partial charge < -0.3 is 4.52 Å². The van der Waals surface area contributed by atoms with Crippen molar-refractivity contribution in [3.8, 4) is 28.4 Å². The Balaban J connectivity index is 1.69. The minimum absolute atomic E-state index is 0.690. The van der Waals surface area contributed by atoms with E-state index in [0.29, 0.717) is 5.76 Å². The molecule has 4 rings (SSSR count). The molecule has 23 heavy (non-hydrogen) atoms. The fraction of sp³-hybridized carbons (Fsp3) is 0.0588. The van der Waals surface area contributed by atoms with Crippen LogP contribution < -0.4 is 0 Å². The fourth-order valence-electron chi connectivity index (χ4n) is 2.44. The minimum atomic E-state index is 0.690. The Morgan fingerprint density at radius 3 is 2.48 bits per heavy atom. The molecule has 4 aromatic rings. The van der Waals surface area contributed by atoms with Crippen LogP contribution in [0.2, 0.25) is 0 Å². The van der Waals surface area contributed by atoms with E-state index in [1.807, 2.05) is 49.4 Å². The molecule has 0 radical (unpaired) electrons. The van der Waals surface area contributed by atoms with Crippen molar-refractivity contribution in [2.24, 2.45) is 0 Å². The maximum absolute atomic E-state index is 5.47. The van der Waals surface area contributed by atoms with Crippen molar-refractivity contribution in [2.45, 2.75) is 6.92 Å². The van der Waals surface area contributed by atoms with E-state index >= 15 is 0 Å². The summed E-state index contributed by atoms with van der Waals surface area (Å²) in [4.78, 5) is 4.47. The first-order valence-electron chi connectivity index (χ1n) is 7.15. The van der Waals surface area contributed by atoms with Crippen molar-refractivity contribution in [1.82, 2.24) is 24.9 Å². The van der Waals surface area contributed by atoms with Crippen molar-refractivity contribution >= 4 is 0 Å². The van der Waals surface area contributed by atoms with E-state index in [2.05, 4.69) is 20.3 Å². The van der Waals surface area contributed by atoms with Crippen LogP contribution in [0.5, 0.6) is 0 Å². The number of hydrogen-bond donors (Lipinski definition) is 0. The molecule has 0 saturated carbocycles. The zero-order valence-electron chi connectivity index (χ0n) is 12.4. The Labute approximate surface area is 132 Å². The first-order chi connectivity index (χ1) is 11.3. The minimum Gasteiger partial charge on any atom is -0.356 e. The third kappa shape index (κ3) is 2.50. The van der Waals surface area contributed by atoms with Gasteiger partial charge in [0.15, 0.2) is 5.76 Å². The summed E-state index contributed by atoms with van der Waals surface area (Å²) < 4.78 is 7.24. The molecule has 0 spiro atoms. The number of rotatable bonds is 3. The highest BCUT2D eigenvalue weighted by molar-refractivity contribution is 5.67. The van der Waals surface area contributed by atoms with Gasteiger partial charge in [0.2, 0.25) is 0 Å². The number of benzene rings is 1. The Morgan fingerprint density at radius 1 is 0.957 bits per heavy atom. The molecular weight excluding hydrogens is 290 g/mol. The van der Waals surface area contributed by atoms with Gasteiger partial charge in [0.05, 0.1) is 0 Å². The van der Waals surface area contributed by atoms with E-state index in [0.717, 1.165) is 28.2 Å². The normalized spacial score (nSPS) is 10.8. The monoisotopic (exact) mass is 303 g/mol. The quantitative estimate of drug-likeness (QED) is 0.581. The largest absolute Gasteiger partial charge is 0.356 e. The number of pyridine rings is 1. The summed E-state index contributed by atoms with van der Waals surface area (Å²) in [5.41, 5.74) is 3.71. The standard InChI is InChI=1S/C17H13N5O/c1-12-7-14(9-18-17(12)22-10-19-20-11-22)16-8-15(21-23-16)13-5-3-2-4-6-13/h2-11H,1H3. The van der Waals surface area contributed by atoms with Crippen molar-refractivity contribution in [3.63, 3.8) is 0 Å². The second-order valence-corrected chi connectivity index (χ2v) is 5.18. The van der Waals surface area contributed by atoms with Crippen molar-refractivity contribution in [1.29, 1.82) is 0 Å². The number of aryl methyl sites for hydroxylation is 1. The molecule has 0 bridgehead atoms. The predicted molar refractivity (Wildman–Crippen MR) is 84.8 cm³/mol. The van der Waals surface area contributed by atoms with Crippen LogP contribution in [0.3, 0.4) is 0 Å². The number of nitrogens with zero attached hydrogens (tertiary/aromatic N) is 5. The molecule has 0 aliphatic carbocycles. The Kier molecular flexibility index (Phi) is 3.20. The van der Waals surface area contributed by atoms with E-state index in [9.17, 15) is 0 Å². The molecule has 6 heteroatoms. The van der Waals surface area contributed by atoms with Crippen LogP contribution in [0.4, 0.5) is 0 Å². The van der Waals surface area contributed by atoms with Crippen LogP contribution in [0.25, 0.3) is 28.4 Å². The van der Waals surface area contributed by atoms with Crippen LogP contribution in [0, 0.1) is 6.92 Å². The lowest BCUT2D eigenvalue weighted by atomic mass is 10.1. The predicted octanol–water partition coefficient (Wildman–Crippen LogP) is 3.29. The second kappa shape index (κ2) is 5.49. The SMILES string of the molecule is Cc1cc(-c2cc(-c3ccccc3)no2)cnc1-n1cnnc1. The Hall–Kier alpha value is -3.28. The highest BCUT2D eigenvalue weighted by Gasteiger charge is 2.11. The molecule has 0 unspecified atom stereocenters. The van der Waals surface area contributed by atoms with Crippen molar-refractivity contribution < 1.29 is 4.52 Å². The van der Waals surface area contributed by atoms with E-state index in [-0.39, 0.29) is 0 Å². The lowest BCUT2D eigenvalue weighted by Gasteiger charge is -2.05. The molecule has 1 aromatic carbocycles. The average molecular weight is 303 g/mol. The highest BCUT2D eigenvalue weighted by atomic mass is 16.5. The van der Waals surface area contributed by atoms with Gasteiger partial charge in [-0.3, -0.25) is 4.57 Å². The molecule has 0 atom stereocenters. The van der Waals surface area contributed by atoms with Gasteiger partial charge in [0.25, 0.3) is 0 Å². The summed E-state index contributed by atoms with van der Waals surface area (Å²) in [7, 11) is 0. The van der Waals surface area contributed by atoms with E-state index in [1.165, 1.54) is 0 Å². The topological polar surface area (TPSA) is 69.6 Å². The molecule has 0 saturated heterocycles. The highest BCUT2D eigenvalue weighted by Crippen LogP contribution is 2.27. The molecule has 0 amide bonds. The summed E-state index contributed by atoms with van der Waals surface area (Å²) in [6.07, 6.45) is 5.01. The van der Waals surface area contributed by atoms with Gasteiger partial charge in [-0.1, -0.05) is 35.5 Å². The lowest BCUT2D eigenvalue weighted by molar-refractivity contribution is 0.435. The van der Waals surface area contributed by atoms with Gasteiger partial charge in [0, 0.05) is 23.4 Å². The zero-order chi connectivity index (χ0) is 15.6. The van der Waals surface area contributed by atoms with Crippen LogP contribution >= 0.6 is 0 Å². The van der Waals surface area contributed by atoms with Gasteiger partial charge in [-0.05, 0) is 18.6 Å². The first-order valence-corrected chi connectivity index (χ1v) is 7.15. The van der Waals surface area contributed by atoms with Crippen LogP contribution in [-0.2, 0) is 0 Å². The van der Waals surface area contributed by atoms with Crippen molar-refractivity contribution in [3.05, 3.63) is 66.9 Å². The number of aromatic nitrogens is 5. The molecule has 3 heterocycles. The van der Waals surface area contributed by atoms with Gasteiger partial charge >= 0.3 is 0 Å². The average Bonchev–Trinajstić information content (AvgIpc) is 3.27. The van der Waals surface area contributed by atoms with Crippen LogP contribution in [-0.4, -0.2) is 24.9 Å². The summed E-state index contributed by atoms with van der Waals surface area (Å²) >= 11 is 0. The summed E-state index contributed by atoms with van der Waals surface area (Å²) in [6.45, 7) is 1.99. The van der Waals surface area contributed by atoms with Crippen LogP contribution in [0.15, 0.2) is 65.8 Å². The molecule has 0 N–H and O–H groups in total. The molecule has 6 nitrogen and oxygen atoms in total. The maximum Gasteiger partial charge on any atom is 0.169 e. The summed E-state index contributed by atoms with van der Waals surface area (Å²) in [6, 6.07) is 13.9. The molecule has 3 aromatic heterocycles. The van der Waals surface area contributed by atoms with Gasteiger partial charge in [0.1, 0.15) is 24.2 Å². The molecule has 0 fully saturated rings. The van der Waals surface area contributed by atoms with E-state index < -0.39 is 0 Å². The van der Waals surface area contributed by atoms with E-state index in [4.69, 9.17) is 4.52 Å². The third-order valence-corrected chi connectivity index (χ3v) is 3.58. The van der Waals surface area contributed by atoms with Gasteiger partial charge in [-0.2, -0.15) is 0 Å². The smallest absolute Gasteiger partial charge is 0.169 e. The Bertz CT molecular complexity index is 929. The Morgan fingerprint density at radius 2 is 1.74 bits per heavy atom. The first kappa shape index (κ1) is 13.4.